The van der Waals surface area contributed by atoms with Gasteiger partial charge in [0.2, 0.25) is 0 Å². The second kappa shape index (κ2) is 6.88. The molecule has 4 rings (SSSR count). The molecule has 2 N–H and O–H groups in total. The fourth-order valence-corrected chi connectivity index (χ4v) is 3.21. The number of H-pyrrole nitrogens is 1. The number of benzene rings is 1. The van der Waals surface area contributed by atoms with Crippen molar-refractivity contribution in [3.63, 3.8) is 0 Å². The van der Waals surface area contributed by atoms with Crippen molar-refractivity contribution >= 4 is 16.7 Å². The number of pyridine rings is 2. The Morgan fingerprint density at radius 1 is 1.04 bits per heavy atom. The van der Waals surface area contributed by atoms with E-state index in [1.807, 2.05) is 24.7 Å². The molecule has 4 aromatic rings. The Morgan fingerprint density at radius 3 is 2.70 bits per heavy atom. The summed E-state index contributed by atoms with van der Waals surface area (Å²) in [5.41, 5.74) is 6.86. The molecule has 136 valence electrons. The van der Waals surface area contributed by atoms with Gasteiger partial charge in [-0.25, -0.2) is 4.98 Å². The van der Waals surface area contributed by atoms with Gasteiger partial charge in [-0.15, -0.1) is 0 Å². The van der Waals surface area contributed by atoms with E-state index in [-0.39, 0.29) is 5.41 Å². The van der Waals surface area contributed by atoms with Crippen LogP contribution in [-0.4, -0.2) is 15.0 Å². The van der Waals surface area contributed by atoms with E-state index in [0.29, 0.717) is 0 Å². The molecular formula is C23H24N4. The van der Waals surface area contributed by atoms with Crippen molar-refractivity contribution in [2.24, 2.45) is 0 Å². The largest absolute Gasteiger partial charge is 0.380 e. The summed E-state index contributed by atoms with van der Waals surface area (Å²) in [7, 11) is 0. The maximum absolute atomic E-state index is 4.56. The Bertz CT molecular complexity index is 1060. The SMILES string of the molecule is CC(C)(C)c1cccc(CNc2cnc3[nH]cc(-c4cccnc4)c3c2)c1. The van der Waals surface area contributed by atoms with Gasteiger partial charge in [0.25, 0.3) is 0 Å². The maximum atomic E-state index is 4.56. The van der Waals surface area contributed by atoms with E-state index < -0.39 is 0 Å². The predicted octanol–water partition coefficient (Wildman–Crippen LogP) is 5.53. The summed E-state index contributed by atoms with van der Waals surface area (Å²) in [4.78, 5) is 12.0. The van der Waals surface area contributed by atoms with Crippen LogP contribution in [0.5, 0.6) is 0 Å². The molecule has 4 nitrogen and oxygen atoms in total. The van der Waals surface area contributed by atoms with Crippen molar-refractivity contribution in [2.45, 2.75) is 32.7 Å². The van der Waals surface area contributed by atoms with E-state index in [0.717, 1.165) is 34.4 Å². The van der Waals surface area contributed by atoms with Gasteiger partial charge in [0.05, 0.1) is 11.9 Å². The first kappa shape index (κ1) is 17.3. The maximum Gasteiger partial charge on any atom is 0.138 e. The number of rotatable bonds is 4. The van der Waals surface area contributed by atoms with Crippen molar-refractivity contribution < 1.29 is 0 Å². The molecule has 0 saturated carbocycles. The average Bonchev–Trinajstić information content (AvgIpc) is 3.10. The van der Waals surface area contributed by atoms with Crippen LogP contribution < -0.4 is 5.32 Å². The fourth-order valence-electron chi connectivity index (χ4n) is 3.21. The minimum absolute atomic E-state index is 0.153. The molecule has 0 aliphatic heterocycles. The number of anilines is 1. The lowest BCUT2D eigenvalue weighted by atomic mass is 9.86. The lowest BCUT2D eigenvalue weighted by molar-refractivity contribution is 0.589. The minimum Gasteiger partial charge on any atom is -0.380 e. The first-order valence-corrected chi connectivity index (χ1v) is 9.21. The molecule has 0 unspecified atom stereocenters. The second-order valence-electron chi connectivity index (χ2n) is 7.87. The normalized spacial score (nSPS) is 11.7. The predicted molar refractivity (Wildman–Crippen MR) is 112 cm³/mol. The molecule has 0 saturated heterocycles. The number of nitrogens with zero attached hydrogens (tertiary/aromatic N) is 2. The van der Waals surface area contributed by atoms with Crippen LogP contribution in [-0.2, 0) is 12.0 Å². The summed E-state index contributed by atoms with van der Waals surface area (Å²) >= 11 is 0. The fraction of sp³-hybridized carbons (Fsp3) is 0.217. The van der Waals surface area contributed by atoms with Crippen molar-refractivity contribution in [2.75, 3.05) is 5.32 Å². The molecule has 0 fully saturated rings. The third kappa shape index (κ3) is 3.70. The first-order valence-electron chi connectivity index (χ1n) is 9.21. The molecule has 0 radical (unpaired) electrons. The van der Waals surface area contributed by atoms with Crippen LogP contribution in [0.1, 0.15) is 31.9 Å². The van der Waals surface area contributed by atoms with Gasteiger partial charge in [0.1, 0.15) is 5.65 Å². The van der Waals surface area contributed by atoms with Crippen molar-refractivity contribution in [3.05, 3.63) is 78.4 Å². The number of hydrogen-bond acceptors (Lipinski definition) is 3. The number of fused-ring (bicyclic) bond motifs is 1. The van der Waals surface area contributed by atoms with E-state index in [4.69, 9.17) is 0 Å². The molecule has 0 amide bonds. The van der Waals surface area contributed by atoms with Crippen molar-refractivity contribution in [1.82, 2.24) is 15.0 Å². The zero-order valence-electron chi connectivity index (χ0n) is 16.0. The third-order valence-corrected chi connectivity index (χ3v) is 4.79. The van der Waals surface area contributed by atoms with E-state index in [2.05, 4.69) is 77.4 Å². The molecular weight excluding hydrogens is 332 g/mol. The van der Waals surface area contributed by atoms with Crippen LogP contribution in [0.15, 0.2) is 67.3 Å². The smallest absolute Gasteiger partial charge is 0.138 e. The molecule has 0 atom stereocenters. The monoisotopic (exact) mass is 356 g/mol. The highest BCUT2D eigenvalue weighted by Gasteiger charge is 2.13. The molecule has 3 aromatic heterocycles. The highest BCUT2D eigenvalue weighted by Crippen LogP contribution is 2.29. The van der Waals surface area contributed by atoms with Gasteiger partial charge in [0.15, 0.2) is 0 Å². The van der Waals surface area contributed by atoms with Gasteiger partial charge in [-0.1, -0.05) is 51.1 Å². The summed E-state index contributed by atoms with van der Waals surface area (Å²) in [6.07, 6.45) is 7.53. The minimum atomic E-state index is 0.153. The van der Waals surface area contributed by atoms with Gasteiger partial charge in [0, 0.05) is 41.6 Å². The first-order chi connectivity index (χ1) is 13.0. The quantitative estimate of drug-likeness (QED) is 0.505. The van der Waals surface area contributed by atoms with Crippen molar-refractivity contribution in [1.29, 1.82) is 0 Å². The topological polar surface area (TPSA) is 53.6 Å². The van der Waals surface area contributed by atoms with Gasteiger partial charge < -0.3 is 10.3 Å². The Balaban J connectivity index is 1.58. The molecule has 27 heavy (non-hydrogen) atoms. The van der Waals surface area contributed by atoms with Crippen LogP contribution in [0.3, 0.4) is 0 Å². The van der Waals surface area contributed by atoms with Gasteiger partial charge >= 0.3 is 0 Å². The number of hydrogen-bond donors (Lipinski definition) is 2. The average molecular weight is 356 g/mol. The standard InChI is InChI=1S/C23H24N4/c1-23(2,3)18-8-4-6-16(10-18)12-25-19-11-20-21(15-27-22(20)26-14-19)17-7-5-9-24-13-17/h4-11,13-15,25H,12H2,1-3H3,(H,26,27). The van der Waals surface area contributed by atoms with E-state index in [9.17, 15) is 0 Å². The lowest BCUT2D eigenvalue weighted by Crippen LogP contribution is -2.11. The summed E-state index contributed by atoms with van der Waals surface area (Å²) < 4.78 is 0. The van der Waals surface area contributed by atoms with E-state index >= 15 is 0 Å². The molecule has 0 aliphatic rings. The number of aromatic nitrogens is 3. The van der Waals surface area contributed by atoms with Crippen LogP contribution in [0, 0.1) is 0 Å². The number of aromatic amines is 1. The molecule has 0 bridgehead atoms. The van der Waals surface area contributed by atoms with Crippen LogP contribution in [0.25, 0.3) is 22.2 Å². The van der Waals surface area contributed by atoms with E-state index in [1.165, 1.54) is 11.1 Å². The molecule has 4 heteroatoms. The summed E-state index contributed by atoms with van der Waals surface area (Å²) in [6.45, 7) is 7.49. The van der Waals surface area contributed by atoms with Gasteiger partial charge in [-0.2, -0.15) is 0 Å². The van der Waals surface area contributed by atoms with Crippen LogP contribution in [0.4, 0.5) is 5.69 Å². The summed E-state index contributed by atoms with van der Waals surface area (Å²) in [5, 5.41) is 4.60. The zero-order valence-corrected chi connectivity index (χ0v) is 16.0. The zero-order chi connectivity index (χ0) is 18.9. The van der Waals surface area contributed by atoms with Crippen molar-refractivity contribution in [3.8, 4) is 11.1 Å². The van der Waals surface area contributed by atoms with Gasteiger partial charge in [-0.05, 0) is 28.7 Å². The third-order valence-electron chi connectivity index (χ3n) is 4.79. The molecule has 0 spiro atoms. The summed E-state index contributed by atoms with van der Waals surface area (Å²) in [5.74, 6) is 0. The van der Waals surface area contributed by atoms with Gasteiger partial charge in [-0.3, -0.25) is 4.98 Å². The highest BCUT2D eigenvalue weighted by molar-refractivity contribution is 5.94. The second-order valence-corrected chi connectivity index (χ2v) is 7.87. The van der Waals surface area contributed by atoms with Crippen LogP contribution in [0.2, 0.25) is 0 Å². The Labute approximate surface area is 159 Å². The molecule has 1 aromatic carbocycles. The molecule has 3 heterocycles. The Morgan fingerprint density at radius 2 is 1.93 bits per heavy atom. The lowest BCUT2D eigenvalue weighted by Gasteiger charge is -2.20. The summed E-state index contributed by atoms with van der Waals surface area (Å²) in [6, 6.07) is 14.9. The van der Waals surface area contributed by atoms with Crippen LogP contribution >= 0.6 is 0 Å². The number of nitrogens with one attached hydrogen (secondary N) is 2. The Kier molecular flexibility index (Phi) is 4.40. The molecule has 0 aliphatic carbocycles. The Hall–Kier alpha value is -3.14. The highest BCUT2D eigenvalue weighted by atomic mass is 14.9. The van der Waals surface area contributed by atoms with E-state index in [1.54, 1.807) is 6.20 Å².